The first-order chi connectivity index (χ1) is 16.6. The summed E-state index contributed by atoms with van der Waals surface area (Å²) < 4.78 is 0.442. The molecule has 1 aliphatic heterocycles. The zero-order valence-electron chi connectivity index (χ0n) is 19.7. The number of anilines is 1. The Bertz CT molecular complexity index is 1110. The van der Waals surface area contributed by atoms with Crippen molar-refractivity contribution in [2.24, 2.45) is 0 Å². The van der Waals surface area contributed by atoms with E-state index in [-0.39, 0.29) is 12.8 Å². The molecular formula is C24H29ClN4O5S. The van der Waals surface area contributed by atoms with Gasteiger partial charge in [-0.05, 0) is 61.7 Å². The summed E-state index contributed by atoms with van der Waals surface area (Å²) in [5, 5.41) is 14.4. The third-order valence-corrected chi connectivity index (χ3v) is 7.09. The number of hydrogen-bond donors (Lipinski definition) is 3. The third-order valence-electron chi connectivity index (χ3n) is 5.86. The van der Waals surface area contributed by atoms with Crippen LogP contribution in [0.1, 0.15) is 33.6 Å². The molecule has 0 aliphatic carbocycles. The Morgan fingerprint density at radius 3 is 2.51 bits per heavy atom. The first-order valence-corrected chi connectivity index (χ1v) is 12.4. The molecule has 1 aromatic carbocycles. The van der Waals surface area contributed by atoms with Crippen molar-refractivity contribution in [3.05, 3.63) is 50.7 Å². The highest BCUT2D eigenvalue weighted by atomic mass is 35.5. The minimum absolute atomic E-state index is 0.00914. The lowest BCUT2D eigenvalue weighted by Gasteiger charge is -2.20. The van der Waals surface area contributed by atoms with Gasteiger partial charge >= 0.3 is 5.97 Å². The van der Waals surface area contributed by atoms with Crippen molar-refractivity contribution in [2.45, 2.75) is 31.7 Å². The molecule has 188 valence electrons. The van der Waals surface area contributed by atoms with Gasteiger partial charge in [0.25, 0.3) is 5.91 Å². The van der Waals surface area contributed by atoms with Gasteiger partial charge in [-0.2, -0.15) is 0 Å². The number of fused-ring (bicyclic) bond motifs is 1. The summed E-state index contributed by atoms with van der Waals surface area (Å²) >= 11 is 7.01. The van der Waals surface area contributed by atoms with Crippen LogP contribution < -0.4 is 10.6 Å². The van der Waals surface area contributed by atoms with Crippen LogP contribution in [0.25, 0.3) is 0 Å². The highest BCUT2D eigenvalue weighted by Gasteiger charge is 2.25. The van der Waals surface area contributed by atoms with E-state index in [0.717, 1.165) is 42.2 Å². The van der Waals surface area contributed by atoms with Crippen LogP contribution in [0, 0.1) is 0 Å². The fourth-order valence-electron chi connectivity index (χ4n) is 3.83. The van der Waals surface area contributed by atoms with Crippen molar-refractivity contribution in [3.8, 4) is 0 Å². The van der Waals surface area contributed by atoms with Crippen molar-refractivity contribution in [2.75, 3.05) is 39.0 Å². The lowest BCUT2D eigenvalue weighted by atomic mass is 10.0. The van der Waals surface area contributed by atoms with E-state index < -0.39 is 36.3 Å². The molecule has 11 heteroatoms. The van der Waals surface area contributed by atoms with E-state index in [1.807, 2.05) is 18.2 Å². The Balaban J connectivity index is 1.72. The molecule has 0 bridgehead atoms. The Labute approximate surface area is 213 Å². The molecule has 1 aliphatic rings. The van der Waals surface area contributed by atoms with Crippen molar-refractivity contribution >= 4 is 52.3 Å². The van der Waals surface area contributed by atoms with Crippen LogP contribution in [0.15, 0.2) is 30.3 Å². The number of carbonyl (C=O) groups excluding carboxylic acids is 3. The number of likely N-dealkylation sites (N-methyl/N-ethyl adjacent to an activating group) is 2. The first kappa shape index (κ1) is 26.7. The number of amides is 3. The summed E-state index contributed by atoms with van der Waals surface area (Å²) in [7, 11) is 3.46. The highest BCUT2D eigenvalue weighted by Crippen LogP contribution is 2.22. The summed E-state index contributed by atoms with van der Waals surface area (Å²) in [4.78, 5) is 52.8. The molecule has 35 heavy (non-hydrogen) atoms. The molecule has 3 rings (SSSR count). The molecule has 3 N–H and O–H groups in total. The van der Waals surface area contributed by atoms with Crippen molar-refractivity contribution in [1.29, 1.82) is 0 Å². The van der Waals surface area contributed by atoms with Crippen LogP contribution in [-0.4, -0.2) is 78.4 Å². The molecule has 1 atom stereocenters. The second-order valence-electron chi connectivity index (χ2n) is 8.59. The zero-order chi connectivity index (χ0) is 25.5. The second kappa shape index (κ2) is 12.1. The number of halogens is 1. The number of aliphatic carboxylic acids is 1. The van der Waals surface area contributed by atoms with Crippen molar-refractivity contribution in [3.63, 3.8) is 0 Å². The van der Waals surface area contributed by atoms with Gasteiger partial charge in [-0.25, -0.2) is 0 Å². The molecule has 0 radical (unpaired) electrons. The maximum atomic E-state index is 13.2. The van der Waals surface area contributed by atoms with Gasteiger partial charge in [0.05, 0.1) is 9.21 Å². The van der Waals surface area contributed by atoms with Crippen LogP contribution in [-0.2, 0) is 27.2 Å². The molecule has 3 amide bonds. The number of benzene rings is 1. The molecule has 0 saturated heterocycles. The molecule has 0 spiro atoms. The topological polar surface area (TPSA) is 119 Å². The first-order valence-electron chi connectivity index (χ1n) is 11.3. The number of carboxylic acids is 1. The summed E-state index contributed by atoms with van der Waals surface area (Å²) in [6.45, 7) is 1.46. The second-order valence-corrected chi connectivity index (χ2v) is 10.3. The van der Waals surface area contributed by atoms with E-state index in [1.54, 1.807) is 12.1 Å². The van der Waals surface area contributed by atoms with Crippen molar-refractivity contribution in [1.82, 2.24) is 15.1 Å². The summed E-state index contributed by atoms with van der Waals surface area (Å²) in [5.41, 5.74) is 3.04. The Hall–Kier alpha value is -2.95. The number of thiophene rings is 1. The van der Waals surface area contributed by atoms with Gasteiger partial charge < -0.3 is 25.5 Å². The van der Waals surface area contributed by atoms with Crippen LogP contribution in [0.4, 0.5) is 5.69 Å². The minimum atomic E-state index is -1.13. The zero-order valence-corrected chi connectivity index (χ0v) is 21.2. The predicted molar refractivity (Wildman–Crippen MR) is 135 cm³/mol. The average molecular weight is 521 g/mol. The molecule has 2 heterocycles. The number of hydrogen-bond acceptors (Lipinski definition) is 6. The molecule has 0 fully saturated rings. The van der Waals surface area contributed by atoms with E-state index in [0.29, 0.717) is 14.9 Å². The Morgan fingerprint density at radius 2 is 1.86 bits per heavy atom. The number of rotatable bonds is 9. The van der Waals surface area contributed by atoms with E-state index in [1.165, 1.54) is 18.2 Å². The summed E-state index contributed by atoms with van der Waals surface area (Å²) in [5.74, 6) is -2.50. The maximum absolute atomic E-state index is 13.2. The molecule has 2 aromatic rings. The summed E-state index contributed by atoms with van der Waals surface area (Å²) in [6, 6.07) is 7.95. The quantitative estimate of drug-likeness (QED) is 0.467. The smallest absolute Gasteiger partial charge is 0.323 e. The lowest BCUT2D eigenvalue weighted by molar-refractivity contribution is -0.143. The fourth-order valence-corrected chi connectivity index (χ4v) is 4.77. The Kier molecular flexibility index (Phi) is 9.25. The molecule has 1 aromatic heterocycles. The van der Waals surface area contributed by atoms with Crippen LogP contribution in [0.3, 0.4) is 0 Å². The lowest BCUT2D eigenvalue weighted by Crippen LogP contribution is -2.44. The maximum Gasteiger partial charge on any atom is 0.323 e. The average Bonchev–Trinajstić information content (AvgIpc) is 3.16. The molecule has 9 nitrogen and oxygen atoms in total. The van der Waals surface area contributed by atoms with Crippen LogP contribution >= 0.6 is 22.9 Å². The van der Waals surface area contributed by atoms with Gasteiger partial charge in [-0.15, -0.1) is 11.3 Å². The van der Waals surface area contributed by atoms with Crippen molar-refractivity contribution < 1.29 is 24.3 Å². The largest absolute Gasteiger partial charge is 0.480 e. The van der Waals surface area contributed by atoms with E-state index in [9.17, 15) is 19.2 Å². The number of nitrogens with one attached hydrogen (secondary N) is 2. The van der Waals surface area contributed by atoms with Gasteiger partial charge in [-0.3, -0.25) is 19.2 Å². The highest BCUT2D eigenvalue weighted by molar-refractivity contribution is 7.18. The summed E-state index contributed by atoms with van der Waals surface area (Å²) in [6.07, 6.45) is 1.71. The Morgan fingerprint density at radius 1 is 1.14 bits per heavy atom. The standard InChI is InChI=1S/C24H29ClN4O5S/c1-28-11-9-15-3-4-17(13-16(15)10-12-28)26-23(33)18(5-8-21(30)29(2)14-22(31)32)27-24(34)19-6-7-20(25)35-19/h3-4,6-7,13,18H,5,8-12,14H2,1-2H3,(H,26,33)(H,27,34)(H,31,32)/t18-/m1/s1. The van der Waals surface area contributed by atoms with Gasteiger partial charge in [0, 0.05) is 32.2 Å². The fraction of sp³-hybridized carbons (Fsp3) is 0.417. The van der Waals surface area contributed by atoms with Crippen LogP contribution in [0.5, 0.6) is 0 Å². The number of nitrogens with zero attached hydrogens (tertiary/aromatic N) is 2. The van der Waals surface area contributed by atoms with Gasteiger partial charge in [0.1, 0.15) is 12.6 Å². The monoisotopic (exact) mass is 520 g/mol. The third kappa shape index (κ3) is 7.78. The van der Waals surface area contributed by atoms with Gasteiger partial charge in [0.15, 0.2) is 0 Å². The van der Waals surface area contributed by atoms with Gasteiger partial charge in [-0.1, -0.05) is 17.7 Å². The van der Waals surface area contributed by atoms with E-state index in [4.69, 9.17) is 16.7 Å². The number of carboxylic acid groups (broad SMARTS) is 1. The SMILES string of the molecule is CN1CCc2ccc(NC(=O)[C@@H](CCC(=O)N(C)CC(=O)O)NC(=O)c3ccc(Cl)s3)cc2CC1. The van der Waals surface area contributed by atoms with Gasteiger partial charge in [0.2, 0.25) is 11.8 Å². The number of carbonyl (C=O) groups is 4. The predicted octanol–water partition coefficient (Wildman–Crippen LogP) is 2.49. The van der Waals surface area contributed by atoms with Crippen LogP contribution in [0.2, 0.25) is 4.34 Å². The molecular weight excluding hydrogens is 492 g/mol. The molecule has 0 saturated carbocycles. The molecule has 0 unspecified atom stereocenters. The normalized spacial score (nSPS) is 14.4. The van der Waals surface area contributed by atoms with E-state index >= 15 is 0 Å². The van der Waals surface area contributed by atoms with E-state index in [2.05, 4.69) is 22.6 Å². The minimum Gasteiger partial charge on any atom is -0.480 e.